The van der Waals surface area contributed by atoms with Crippen molar-refractivity contribution in [3.05, 3.63) is 11.9 Å². The Hall–Kier alpha value is -1.03. The van der Waals surface area contributed by atoms with Gasteiger partial charge in [-0.1, -0.05) is 13.8 Å². The van der Waals surface area contributed by atoms with Crippen LogP contribution in [0.1, 0.15) is 38.8 Å². The molecule has 0 radical (unpaired) electrons. The second-order valence-corrected chi connectivity index (χ2v) is 5.21. The van der Waals surface area contributed by atoms with E-state index in [4.69, 9.17) is 0 Å². The third-order valence-corrected chi connectivity index (χ3v) is 3.74. The number of hydrogen-bond donors (Lipinski definition) is 1. The minimum Gasteiger partial charge on any atom is -0.356 e. The minimum atomic E-state index is 0.686. The zero-order valence-electron chi connectivity index (χ0n) is 11.9. The number of nitrogens with one attached hydrogen (secondary N) is 1. The first-order valence-corrected chi connectivity index (χ1v) is 7.26. The fourth-order valence-corrected chi connectivity index (χ4v) is 2.81. The van der Waals surface area contributed by atoms with Crippen LogP contribution >= 0.6 is 0 Å². The minimum absolute atomic E-state index is 0.686. The van der Waals surface area contributed by atoms with Crippen LogP contribution in [-0.4, -0.2) is 40.1 Å². The number of likely N-dealkylation sites (N-methyl/N-ethyl adjacent to an activating group) is 1. The van der Waals surface area contributed by atoms with Gasteiger partial charge >= 0.3 is 0 Å². The summed E-state index contributed by atoms with van der Waals surface area (Å²) in [6.07, 6.45) is 5.96. The normalized spacial score (nSPS) is 20.5. The van der Waals surface area contributed by atoms with Crippen molar-refractivity contribution >= 4 is 5.95 Å². The van der Waals surface area contributed by atoms with Crippen LogP contribution in [0.15, 0.2) is 6.20 Å². The molecular weight excluding hydrogens is 224 g/mol. The van der Waals surface area contributed by atoms with Gasteiger partial charge in [0.25, 0.3) is 0 Å². The molecule has 4 heteroatoms. The lowest BCUT2D eigenvalue weighted by Crippen LogP contribution is -2.32. The number of anilines is 1. The van der Waals surface area contributed by atoms with E-state index in [0.29, 0.717) is 6.04 Å². The summed E-state index contributed by atoms with van der Waals surface area (Å²) in [5.74, 6) is 1.04. The lowest BCUT2D eigenvalue weighted by atomic mass is 10.2. The number of likely N-dealkylation sites (tertiary alicyclic amines) is 1. The van der Waals surface area contributed by atoms with Crippen molar-refractivity contribution in [2.24, 2.45) is 0 Å². The van der Waals surface area contributed by atoms with Gasteiger partial charge in [-0.3, -0.25) is 4.90 Å². The Bertz CT molecular complexity index is 372. The molecule has 1 atom stereocenters. The second kappa shape index (κ2) is 6.23. The molecule has 1 N–H and O–H groups in total. The van der Waals surface area contributed by atoms with E-state index >= 15 is 0 Å². The third-order valence-electron chi connectivity index (χ3n) is 3.74. The topological polar surface area (TPSA) is 33.1 Å². The Balaban J connectivity index is 2.03. The molecule has 18 heavy (non-hydrogen) atoms. The number of imidazole rings is 1. The van der Waals surface area contributed by atoms with Crippen molar-refractivity contribution in [1.29, 1.82) is 0 Å². The number of aryl methyl sites for hydroxylation is 1. The fraction of sp³-hybridized carbons (Fsp3) is 0.786. The quantitative estimate of drug-likeness (QED) is 0.842. The molecule has 1 saturated heterocycles. The van der Waals surface area contributed by atoms with Crippen LogP contribution in [0.2, 0.25) is 0 Å². The molecule has 2 rings (SSSR count). The molecule has 1 aliphatic heterocycles. The Morgan fingerprint density at radius 2 is 2.28 bits per heavy atom. The SMILES string of the molecule is CCCNc1nc(C)cn1CC1CCCN1CC. The van der Waals surface area contributed by atoms with E-state index in [2.05, 4.69) is 46.7 Å². The first-order chi connectivity index (χ1) is 8.74. The van der Waals surface area contributed by atoms with Gasteiger partial charge in [0, 0.05) is 25.3 Å². The van der Waals surface area contributed by atoms with E-state index in [0.717, 1.165) is 37.7 Å². The largest absolute Gasteiger partial charge is 0.356 e. The van der Waals surface area contributed by atoms with Crippen LogP contribution in [0, 0.1) is 6.92 Å². The summed E-state index contributed by atoms with van der Waals surface area (Å²) in [6.45, 7) is 11.0. The molecular formula is C14H26N4. The van der Waals surface area contributed by atoms with E-state index in [9.17, 15) is 0 Å². The van der Waals surface area contributed by atoms with Crippen molar-refractivity contribution in [3.8, 4) is 0 Å². The lowest BCUT2D eigenvalue weighted by Gasteiger charge is -2.23. The molecule has 1 aromatic heterocycles. The molecule has 1 aliphatic rings. The average Bonchev–Trinajstić information content (AvgIpc) is 2.94. The van der Waals surface area contributed by atoms with E-state index < -0.39 is 0 Å². The molecule has 1 unspecified atom stereocenters. The highest BCUT2D eigenvalue weighted by Crippen LogP contribution is 2.20. The Morgan fingerprint density at radius 1 is 1.44 bits per heavy atom. The summed E-state index contributed by atoms with van der Waals surface area (Å²) in [7, 11) is 0. The van der Waals surface area contributed by atoms with E-state index in [1.165, 1.54) is 19.4 Å². The van der Waals surface area contributed by atoms with E-state index in [1.54, 1.807) is 0 Å². The summed E-state index contributed by atoms with van der Waals surface area (Å²) < 4.78 is 2.30. The Labute approximate surface area is 110 Å². The monoisotopic (exact) mass is 250 g/mol. The number of hydrogen-bond acceptors (Lipinski definition) is 3. The molecule has 4 nitrogen and oxygen atoms in total. The average molecular weight is 250 g/mol. The van der Waals surface area contributed by atoms with Gasteiger partial charge in [-0.25, -0.2) is 4.98 Å². The smallest absolute Gasteiger partial charge is 0.203 e. The van der Waals surface area contributed by atoms with Gasteiger partial charge in [0.2, 0.25) is 5.95 Å². The van der Waals surface area contributed by atoms with Crippen LogP contribution in [0.5, 0.6) is 0 Å². The molecule has 0 saturated carbocycles. The number of nitrogens with zero attached hydrogens (tertiary/aromatic N) is 3. The number of aromatic nitrogens is 2. The van der Waals surface area contributed by atoms with Crippen LogP contribution in [-0.2, 0) is 6.54 Å². The van der Waals surface area contributed by atoms with Crippen LogP contribution < -0.4 is 5.32 Å². The standard InChI is InChI=1S/C14H26N4/c1-4-8-15-14-16-12(3)10-18(14)11-13-7-6-9-17(13)5-2/h10,13H,4-9,11H2,1-3H3,(H,15,16). The Morgan fingerprint density at radius 3 is 3.00 bits per heavy atom. The predicted molar refractivity (Wildman–Crippen MR) is 76.0 cm³/mol. The van der Waals surface area contributed by atoms with Gasteiger partial charge in [0.1, 0.15) is 0 Å². The predicted octanol–water partition coefficient (Wildman–Crippen LogP) is 2.50. The fourth-order valence-electron chi connectivity index (χ4n) is 2.81. The van der Waals surface area contributed by atoms with Gasteiger partial charge in [0.05, 0.1) is 5.69 Å². The third kappa shape index (κ3) is 3.05. The van der Waals surface area contributed by atoms with E-state index in [-0.39, 0.29) is 0 Å². The molecule has 0 aromatic carbocycles. The zero-order chi connectivity index (χ0) is 13.0. The first-order valence-electron chi connectivity index (χ1n) is 7.26. The highest BCUT2D eigenvalue weighted by Gasteiger charge is 2.24. The van der Waals surface area contributed by atoms with Gasteiger partial charge in [-0.05, 0) is 39.3 Å². The Kier molecular flexibility index (Phi) is 4.64. The summed E-state index contributed by atoms with van der Waals surface area (Å²) in [4.78, 5) is 7.16. The second-order valence-electron chi connectivity index (χ2n) is 5.21. The molecule has 1 aromatic rings. The summed E-state index contributed by atoms with van der Waals surface area (Å²) in [5.41, 5.74) is 1.11. The molecule has 2 heterocycles. The van der Waals surface area contributed by atoms with Gasteiger partial charge in [-0.2, -0.15) is 0 Å². The van der Waals surface area contributed by atoms with Crippen LogP contribution in [0.3, 0.4) is 0 Å². The highest BCUT2D eigenvalue weighted by atomic mass is 15.2. The summed E-state index contributed by atoms with van der Waals surface area (Å²) in [6, 6.07) is 0.686. The molecule has 0 spiro atoms. The highest BCUT2D eigenvalue weighted by molar-refractivity contribution is 5.28. The molecule has 102 valence electrons. The number of rotatable bonds is 6. The van der Waals surface area contributed by atoms with Crippen molar-refractivity contribution in [1.82, 2.24) is 14.5 Å². The molecule has 0 aliphatic carbocycles. The lowest BCUT2D eigenvalue weighted by molar-refractivity contribution is 0.245. The molecule has 0 bridgehead atoms. The van der Waals surface area contributed by atoms with Gasteiger partial charge in [0.15, 0.2) is 0 Å². The maximum Gasteiger partial charge on any atom is 0.203 e. The zero-order valence-corrected chi connectivity index (χ0v) is 11.9. The maximum atomic E-state index is 4.57. The summed E-state index contributed by atoms with van der Waals surface area (Å²) >= 11 is 0. The summed E-state index contributed by atoms with van der Waals surface area (Å²) in [5, 5.41) is 3.42. The molecule has 0 amide bonds. The van der Waals surface area contributed by atoms with Crippen molar-refractivity contribution in [2.45, 2.75) is 52.6 Å². The molecule has 1 fully saturated rings. The van der Waals surface area contributed by atoms with Crippen LogP contribution in [0.25, 0.3) is 0 Å². The maximum absolute atomic E-state index is 4.57. The van der Waals surface area contributed by atoms with E-state index in [1.807, 2.05) is 0 Å². The van der Waals surface area contributed by atoms with Crippen LogP contribution in [0.4, 0.5) is 5.95 Å². The first kappa shape index (κ1) is 13.4. The van der Waals surface area contributed by atoms with Crippen molar-refractivity contribution < 1.29 is 0 Å². The van der Waals surface area contributed by atoms with Gasteiger partial charge in [-0.15, -0.1) is 0 Å². The van der Waals surface area contributed by atoms with Crippen molar-refractivity contribution in [3.63, 3.8) is 0 Å². The van der Waals surface area contributed by atoms with Gasteiger partial charge < -0.3 is 9.88 Å². The van der Waals surface area contributed by atoms with Crippen molar-refractivity contribution in [2.75, 3.05) is 25.0 Å².